The summed E-state index contributed by atoms with van der Waals surface area (Å²) >= 11 is 0. The maximum absolute atomic E-state index is 11.6. The van der Waals surface area contributed by atoms with Crippen molar-refractivity contribution in [1.82, 2.24) is 4.98 Å². The van der Waals surface area contributed by atoms with Gasteiger partial charge in [0.05, 0.1) is 6.61 Å². The molecule has 0 aromatic heterocycles. The highest BCUT2D eigenvalue weighted by molar-refractivity contribution is 6.81. The molecule has 0 aromatic rings. The first-order chi connectivity index (χ1) is 10.2. The Labute approximate surface area is 139 Å². The van der Waals surface area contributed by atoms with Crippen LogP contribution in [0.4, 0.5) is 0 Å². The number of carbonyl (C=O) groups is 1. The Hall–Kier alpha value is -0.613. The first-order valence-corrected chi connectivity index (χ1v) is 11.1. The highest BCUT2D eigenvalue weighted by Crippen LogP contribution is 2.39. The second-order valence-corrected chi connectivity index (χ2v) is 12.7. The molecule has 0 amide bonds. The maximum Gasteiger partial charge on any atom is 0.330 e. The number of ether oxygens (including phenoxy) is 1. The Kier molecular flexibility index (Phi) is 9.93. The lowest BCUT2D eigenvalue weighted by atomic mass is 10.2. The molecular formula is C18H37NO2Si. The van der Waals surface area contributed by atoms with Crippen molar-refractivity contribution in [3.8, 4) is 0 Å². The van der Waals surface area contributed by atoms with Gasteiger partial charge < -0.3 is 9.72 Å². The molecule has 130 valence electrons. The van der Waals surface area contributed by atoms with E-state index in [4.69, 9.17) is 4.74 Å². The van der Waals surface area contributed by atoms with Crippen LogP contribution in [0.3, 0.4) is 0 Å². The highest BCUT2D eigenvalue weighted by atomic mass is 28.3. The van der Waals surface area contributed by atoms with Gasteiger partial charge in [-0.15, -0.1) is 0 Å². The molecule has 0 aliphatic rings. The molecule has 3 nitrogen and oxygen atoms in total. The minimum absolute atomic E-state index is 0.240. The Balaban J connectivity index is 5.27. The lowest BCUT2D eigenvalue weighted by molar-refractivity contribution is -0.137. The fourth-order valence-corrected chi connectivity index (χ4v) is 9.62. The molecule has 4 heteroatoms. The minimum atomic E-state index is -1.67. The zero-order chi connectivity index (χ0) is 17.3. The van der Waals surface area contributed by atoms with Gasteiger partial charge in [0, 0.05) is 12.1 Å². The topological polar surface area (TPSA) is 38.3 Å². The molecule has 0 spiro atoms. The minimum Gasteiger partial charge on any atom is -0.463 e. The van der Waals surface area contributed by atoms with Crippen LogP contribution in [0.1, 0.15) is 68.2 Å². The average Bonchev–Trinajstić information content (AvgIpc) is 2.40. The largest absolute Gasteiger partial charge is 0.463 e. The number of rotatable bonds is 10. The van der Waals surface area contributed by atoms with Gasteiger partial charge in [-0.25, -0.2) is 4.79 Å². The third-order valence-electron chi connectivity index (χ3n) is 4.65. The van der Waals surface area contributed by atoms with E-state index >= 15 is 0 Å². The molecule has 1 N–H and O–H groups in total. The fraction of sp³-hybridized carbons (Fsp3) is 0.833. The predicted molar refractivity (Wildman–Crippen MR) is 98.7 cm³/mol. The summed E-state index contributed by atoms with van der Waals surface area (Å²) in [5.41, 5.74) is 1.97. The van der Waals surface area contributed by atoms with Crippen molar-refractivity contribution >= 4 is 14.2 Å². The van der Waals surface area contributed by atoms with E-state index in [-0.39, 0.29) is 12.0 Å². The smallest absolute Gasteiger partial charge is 0.330 e. The molecule has 0 saturated heterocycles. The highest BCUT2D eigenvalue weighted by Gasteiger charge is 2.43. The number of hydrogen-bond donors (Lipinski definition) is 1. The van der Waals surface area contributed by atoms with Crippen LogP contribution in [-0.2, 0) is 9.53 Å². The fourth-order valence-electron chi connectivity index (χ4n) is 3.73. The van der Waals surface area contributed by atoms with Crippen LogP contribution < -0.4 is 4.98 Å². The molecule has 0 heterocycles. The van der Waals surface area contributed by atoms with Gasteiger partial charge in [-0.3, -0.25) is 0 Å². The first kappa shape index (κ1) is 21.4. The van der Waals surface area contributed by atoms with Crippen LogP contribution in [-0.4, -0.2) is 26.9 Å². The first-order valence-electron chi connectivity index (χ1n) is 8.84. The van der Waals surface area contributed by atoms with Crippen LogP contribution in [0.15, 0.2) is 12.2 Å². The van der Waals surface area contributed by atoms with Crippen LogP contribution >= 0.6 is 0 Å². The van der Waals surface area contributed by atoms with E-state index in [1.807, 2.05) is 13.0 Å². The average molecular weight is 328 g/mol. The Morgan fingerprint density at radius 1 is 1.05 bits per heavy atom. The lowest BCUT2D eigenvalue weighted by Crippen LogP contribution is -2.60. The predicted octanol–water partition coefficient (Wildman–Crippen LogP) is 5.04. The van der Waals surface area contributed by atoms with Crippen molar-refractivity contribution in [1.29, 1.82) is 0 Å². The lowest BCUT2D eigenvalue weighted by Gasteiger charge is -2.45. The summed E-state index contributed by atoms with van der Waals surface area (Å²) in [7, 11) is -1.67. The number of nitrogens with one attached hydrogen (secondary N) is 1. The SMILES string of the molecule is CCC[C@@H](/C=C/C(=O)OCC)N[Si](C(C)C)(C(C)C)C(C)C. The van der Waals surface area contributed by atoms with Crippen LogP contribution in [0.25, 0.3) is 0 Å². The zero-order valence-corrected chi connectivity index (χ0v) is 16.9. The van der Waals surface area contributed by atoms with Crippen LogP contribution in [0.2, 0.25) is 16.6 Å². The van der Waals surface area contributed by atoms with Gasteiger partial charge in [0.2, 0.25) is 0 Å². The van der Waals surface area contributed by atoms with Crippen LogP contribution in [0.5, 0.6) is 0 Å². The Bertz CT molecular complexity index is 329. The maximum atomic E-state index is 11.6. The molecule has 0 bridgehead atoms. The zero-order valence-electron chi connectivity index (χ0n) is 15.9. The number of hydrogen-bond acceptors (Lipinski definition) is 3. The van der Waals surface area contributed by atoms with Gasteiger partial charge in [-0.05, 0) is 30.0 Å². The monoisotopic (exact) mass is 327 g/mol. The van der Waals surface area contributed by atoms with Crippen molar-refractivity contribution < 1.29 is 9.53 Å². The van der Waals surface area contributed by atoms with Crippen LogP contribution in [0, 0.1) is 0 Å². The molecule has 0 unspecified atom stereocenters. The van der Waals surface area contributed by atoms with Gasteiger partial charge >= 0.3 is 5.97 Å². The van der Waals surface area contributed by atoms with E-state index in [1.165, 1.54) is 0 Å². The quantitative estimate of drug-likeness (QED) is 0.347. The molecule has 0 fully saturated rings. The van der Waals surface area contributed by atoms with Gasteiger partial charge in [0.15, 0.2) is 0 Å². The second-order valence-electron chi connectivity index (χ2n) is 7.05. The van der Waals surface area contributed by atoms with E-state index in [9.17, 15) is 4.79 Å². The van der Waals surface area contributed by atoms with Gasteiger partial charge in [0.25, 0.3) is 0 Å². The van der Waals surface area contributed by atoms with E-state index in [0.29, 0.717) is 23.2 Å². The summed E-state index contributed by atoms with van der Waals surface area (Å²) in [6.45, 7) is 18.5. The van der Waals surface area contributed by atoms with Gasteiger partial charge in [-0.1, -0.05) is 61.0 Å². The van der Waals surface area contributed by atoms with Crippen molar-refractivity contribution in [2.24, 2.45) is 0 Å². The Morgan fingerprint density at radius 3 is 1.91 bits per heavy atom. The Morgan fingerprint density at radius 2 is 1.55 bits per heavy atom. The van der Waals surface area contributed by atoms with Gasteiger partial charge in [0.1, 0.15) is 8.24 Å². The summed E-state index contributed by atoms with van der Waals surface area (Å²) in [6, 6.07) is 0.258. The summed E-state index contributed by atoms with van der Waals surface area (Å²) in [5.74, 6) is -0.240. The standard InChI is InChI=1S/C18H37NO2Si/c1-9-11-17(12-13-18(20)21-10-2)19-22(14(3)4,15(5)6)16(7)8/h12-17,19H,9-11H2,1-8H3/b13-12+/t17-/m0/s1. The van der Waals surface area contributed by atoms with E-state index in [0.717, 1.165) is 12.8 Å². The number of carbonyl (C=O) groups excluding carboxylic acids is 1. The molecule has 0 saturated carbocycles. The number of esters is 1. The molecular weight excluding hydrogens is 290 g/mol. The molecule has 0 aliphatic carbocycles. The summed E-state index contributed by atoms with van der Waals surface area (Å²) in [6.07, 6.45) is 5.76. The van der Waals surface area contributed by atoms with Gasteiger partial charge in [-0.2, -0.15) is 0 Å². The second kappa shape index (κ2) is 10.2. The van der Waals surface area contributed by atoms with Crippen molar-refractivity contribution in [3.63, 3.8) is 0 Å². The van der Waals surface area contributed by atoms with E-state index in [1.54, 1.807) is 6.08 Å². The van der Waals surface area contributed by atoms with Crippen molar-refractivity contribution in [2.45, 2.75) is 90.9 Å². The molecule has 0 radical (unpaired) electrons. The molecule has 0 rings (SSSR count). The van der Waals surface area contributed by atoms with E-state index < -0.39 is 8.24 Å². The molecule has 0 aliphatic heterocycles. The summed E-state index contributed by atoms with van der Waals surface area (Å²) in [5, 5.41) is 0. The third-order valence-corrected chi connectivity index (χ3v) is 11.3. The normalized spacial score (nSPS) is 14.3. The molecule has 22 heavy (non-hydrogen) atoms. The van der Waals surface area contributed by atoms with E-state index in [2.05, 4.69) is 53.4 Å². The summed E-state index contributed by atoms with van der Waals surface area (Å²) < 4.78 is 5.00. The third kappa shape index (κ3) is 5.88. The summed E-state index contributed by atoms with van der Waals surface area (Å²) in [4.78, 5) is 15.6. The molecule has 1 atom stereocenters. The van der Waals surface area contributed by atoms with Crippen molar-refractivity contribution in [2.75, 3.05) is 6.61 Å². The molecule has 0 aromatic carbocycles. The van der Waals surface area contributed by atoms with Crippen molar-refractivity contribution in [3.05, 3.63) is 12.2 Å².